The lowest BCUT2D eigenvalue weighted by Gasteiger charge is -2.38. The van der Waals surface area contributed by atoms with Gasteiger partial charge in [-0.05, 0) is 37.8 Å². The third-order valence-electron chi connectivity index (χ3n) is 6.03. The molecule has 2 bridgehead atoms. The fourth-order valence-corrected chi connectivity index (χ4v) is 4.54. The zero-order chi connectivity index (χ0) is 18.5. The molecule has 2 fully saturated rings. The van der Waals surface area contributed by atoms with Crippen LogP contribution >= 0.6 is 0 Å². The van der Waals surface area contributed by atoms with Crippen molar-refractivity contribution in [2.24, 2.45) is 5.92 Å². The first-order valence-electron chi connectivity index (χ1n) is 10.2. The quantitative estimate of drug-likeness (QED) is 0.879. The minimum Gasteiger partial charge on any atom is -0.340 e. The summed E-state index contributed by atoms with van der Waals surface area (Å²) in [7, 11) is 0. The maximum atomic E-state index is 12.9. The van der Waals surface area contributed by atoms with E-state index in [9.17, 15) is 4.79 Å². The van der Waals surface area contributed by atoms with Gasteiger partial charge in [-0.15, -0.1) is 0 Å². The van der Waals surface area contributed by atoms with Gasteiger partial charge in [0.2, 0.25) is 5.91 Å². The molecule has 5 nitrogen and oxygen atoms in total. The molecule has 2 aliphatic heterocycles. The van der Waals surface area contributed by atoms with Crippen LogP contribution in [0.15, 0.2) is 30.3 Å². The number of benzene rings is 1. The molecule has 2 unspecified atom stereocenters. The molecule has 5 heteroatoms. The van der Waals surface area contributed by atoms with Crippen molar-refractivity contribution >= 4 is 17.4 Å². The van der Waals surface area contributed by atoms with Crippen LogP contribution in [-0.4, -0.2) is 26.8 Å². The highest BCUT2D eigenvalue weighted by atomic mass is 16.2. The van der Waals surface area contributed by atoms with Crippen LogP contribution < -0.4 is 5.32 Å². The summed E-state index contributed by atoms with van der Waals surface area (Å²) < 4.78 is 0. The maximum Gasteiger partial charge on any atom is 0.225 e. The van der Waals surface area contributed by atoms with Gasteiger partial charge in [-0.3, -0.25) is 4.79 Å². The summed E-state index contributed by atoms with van der Waals surface area (Å²) in [6, 6.07) is 10.6. The van der Waals surface area contributed by atoms with Crippen molar-refractivity contribution < 1.29 is 4.79 Å². The number of fused-ring (bicyclic) bond motifs is 4. The van der Waals surface area contributed by atoms with E-state index >= 15 is 0 Å². The van der Waals surface area contributed by atoms with Gasteiger partial charge >= 0.3 is 0 Å². The first-order chi connectivity index (χ1) is 13.1. The topological polar surface area (TPSA) is 58.1 Å². The molecule has 0 radical (unpaired) electrons. The molecule has 1 N–H and O–H groups in total. The van der Waals surface area contributed by atoms with Crippen LogP contribution in [-0.2, 0) is 11.2 Å². The number of nitrogens with zero attached hydrogens (tertiary/aromatic N) is 3. The van der Waals surface area contributed by atoms with Crippen molar-refractivity contribution in [3.8, 4) is 0 Å². The van der Waals surface area contributed by atoms with Crippen molar-refractivity contribution in [3.63, 3.8) is 0 Å². The van der Waals surface area contributed by atoms with Crippen LogP contribution in [0.25, 0.3) is 0 Å². The molecule has 3 heterocycles. The highest BCUT2D eigenvalue weighted by molar-refractivity contribution is 5.80. The van der Waals surface area contributed by atoms with Crippen LogP contribution in [0.2, 0.25) is 0 Å². The number of carbonyl (C=O) groups excluding carboxylic acids is 1. The summed E-state index contributed by atoms with van der Waals surface area (Å²) in [6.45, 7) is 3.99. The van der Waals surface area contributed by atoms with Crippen LogP contribution in [0.1, 0.15) is 68.6 Å². The van der Waals surface area contributed by atoms with Crippen molar-refractivity contribution in [2.75, 3.05) is 5.32 Å². The molecule has 2 atom stereocenters. The highest BCUT2D eigenvalue weighted by Crippen LogP contribution is 2.48. The Hall–Kier alpha value is -2.43. The molecule has 1 aromatic heterocycles. The van der Waals surface area contributed by atoms with Crippen molar-refractivity contribution in [3.05, 3.63) is 47.4 Å². The SMILES string of the molecule is CC(C)C(=O)N1C2CCC1c1c(nc(C3CC3)nc1Nc1ccccc1)C2. The second-order valence-corrected chi connectivity index (χ2v) is 8.41. The molecule has 0 spiro atoms. The second-order valence-electron chi connectivity index (χ2n) is 8.41. The van der Waals surface area contributed by atoms with Crippen molar-refractivity contribution in [1.82, 2.24) is 14.9 Å². The number of aromatic nitrogens is 2. The van der Waals surface area contributed by atoms with Gasteiger partial charge in [0.1, 0.15) is 11.6 Å². The predicted molar refractivity (Wildman–Crippen MR) is 105 cm³/mol. The van der Waals surface area contributed by atoms with E-state index < -0.39 is 0 Å². The summed E-state index contributed by atoms with van der Waals surface area (Å²) in [5.74, 6) is 2.67. The van der Waals surface area contributed by atoms with Gasteiger partial charge < -0.3 is 10.2 Å². The molecule has 1 aromatic carbocycles. The van der Waals surface area contributed by atoms with E-state index in [1.54, 1.807) is 0 Å². The lowest BCUT2D eigenvalue weighted by molar-refractivity contribution is -0.138. The smallest absolute Gasteiger partial charge is 0.225 e. The predicted octanol–water partition coefficient (Wildman–Crippen LogP) is 4.34. The zero-order valence-corrected chi connectivity index (χ0v) is 16.0. The molecule has 1 saturated heterocycles. The van der Waals surface area contributed by atoms with Crippen LogP contribution in [0.3, 0.4) is 0 Å². The maximum absolute atomic E-state index is 12.9. The summed E-state index contributed by atoms with van der Waals surface area (Å²) in [5, 5.41) is 3.54. The number of hydrogen-bond acceptors (Lipinski definition) is 4. The molecule has 5 rings (SSSR count). The Balaban J connectivity index is 1.59. The zero-order valence-electron chi connectivity index (χ0n) is 16.0. The first-order valence-corrected chi connectivity index (χ1v) is 10.2. The fourth-order valence-electron chi connectivity index (χ4n) is 4.54. The number of nitrogens with one attached hydrogen (secondary N) is 1. The van der Waals surface area contributed by atoms with Gasteiger partial charge in [0.25, 0.3) is 0 Å². The summed E-state index contributed by atoms with van der Waals surface area (Å²) in [6.07, 6.45) is 5.30. The number of hydrogen-bond donors (Lipinski definition) is 1. The lowest BCUT2D eigenvalue weighted by atomic mass is 9.96. The van der Waals surface area contributed by atoms with E-state index in [4.69, 9.17) is 9.97 Å². The molecular formula is C22H26N4O. The van der Waals surface area contributed by atoms with E-state index in [1.807, 2.05) is 32.0 Å². The van der Waals surface area contributed by atoms with Gasteiger partial charge in [-0.2, -0.15) is 0 Å². The van der Waals surface area contributed by atoms with E-state index in [2.05, 4.69) is 22.3 Å². The van der Waals surface area contributed by atoms with Crippen molar-refractivity contribution in [1.29, 1.82) is 0 Å². The van der Waals surface area contributed by atoms with Gasteiger partial charge in [-0.25, -0.2) is 9.97 Å². The Labute approximate surface area is 160 Å². The van der Waals surface area contributed by atoms with Crippen LogP contribution in [0.5, 0.6) is 0 Å². The molecule has 3 aliphatic rings. The lowest BCUT2D eigenvalue weighted by Crippen LogP contribution is -2.44. The third-order valence-corrected chi connectivity index (χ3v) is 6.03. The number of anilines is 2. The molecule has 1 amide bonds. The average Bonchev–Trinajstić information content (AvgIpc) is 3.46. The monoisotopic (exact) mass is 362 g/mol. The Kier molecular flexibility index (Phi) is 3.92. The number of para-hydroxylation sites is 1. The molecule has 2 aromatic rings. The van der Waals surface area contributed by atoms with E-state index in [1.165, 1.54) is 12.8 Å². The second kappa shape index (κ2) is 6.32. The number of rotatable bonds is 4. The van der Waals surface area contributed by atoms with Gasteiger partial charge in [0.05, 0.1) is 11.7 Å². The summed E-state index contributed by atoms with van der Waals surface area (Å²) in [4.78, 5) is 24.9. The van der Waals surface area contributed by atoms with Crippen molar-refractivity contribution in [2.45, 2.75) is 64.0 Å². The Morgan fingerprint density at radius 2 is 1.89 bits per heavy atom. The third kappa shape index (κ3) is 2.89. The van der Waals surface area contributed by atoms with E-state index in [-0.39, 0.29) is 17.9 Å². The standard InChI is InChI=1S/C22H26N4O/c1-13(2)22(27)26-16-10-11-18(26)19-17(12-16)24-20(14-8-9-14)25-21(19)23-15-6-4-3-5-7-15/h3-7,13-14,16,18H,8-12H2,1-2H3,(H,23,24,25). The first kappa shape index (κ1) is 16.7. The molecule has 1 aliphatic carbocycles. The molecule has 27 heavy (non-hydrogen) atoms. The fraction of sp³-hybridized carbons (Fsp3) is 0.500. The van der Waals surface area contributed by atoms with Crippen LogP contribution in [0.4, 0.5) is 11.5 Å². The van der Waals surface area contributed by atoms with Gasteiger partial charge in [-0.1, -0.05) is 32.0 Å². The Morgan fingerprint density at radius 1 is 1.11 bits per heavy atom. The van der Waals surface area contributed by atoms with Gasteiger partial charge in [0.15, 0.2) is 0 Å². The minimum absolute atomic E-state index is 0.0202. The summed E-state index contributed by atoms with van der Waals surface area (Å²) in [5.41, 5.74) is 3.33. The normalized spacial score (nSPS) is 23.4. The molecule has 140 valence electrons. The Morgan fingerprint density at radius 3 is 2.59 bits per heavy atom. The summed E-state index contributed by atoms with van der Waals surface area (Å²) >= 11 is 0. The highest BCUT2D eigenvalue weighted by Gasteiger charge is 2.45. The molecular weight excluding hydrogens is 336 g/mol. The molecule has 1 saturated carbocycles. The average molecular weight is 362 g/mol. The van der Waals surface area contributed by atoms with E-state index in [0.717, 1.165) is 47.8 Å². The largest absolute Gasteiger partial charge is 0.340 e. The minimum atomic E-state index is 0.0202. The number of carbonyl (C=O) groups is 1. The number of amides is 1. The van der Waals surface area contributed by atoms with Gasteiger partial charge in [0, 0.05) is 35.5 Å². The Bertz CT molecular complexity index is 875. The van der Waals surface area contributed by atoms with E-state index in [0.29, 0.717) is 12.0 Å². The van der Waals surface area contributed by atoms with Crippen LogP contribution in [0, 0.1) is 5.92 Å².